The van der Waals surface area contributed by atoms with Crippen molar-refractivity contribution < 1.29 is 9.90 Å². The molecule has 0 radical (unpaired) electrons. The van der Waals surface area contributed by atoms with E-state index in [0.29, 0.717) is 28.4 Å². The molecule has 2 N–H and O–H groups in total. The van der Waals surface area contributed by atoms with Crippen LogP contribution in [-0.2, 0) is 0 Å². The first kappa shape index (κ1) is 16.0. The second-order valence-electron chi connectivity index (χ2n) is 5.47. The maximum atomic E-state index is 10.9. The van der Waals surface area contributed by atoms with E-state index in [4.69, 9.17) is 16.7 Å². The molecule has 1 amide bonds. The lowest BCUT2D eigenvalue weighted by Crippen LogP contribution is -2.08. The quantitative estimate of drug-likeness (QED) is 0.530. The topological polar surface area (TPSA) is 92.9 Å². The molecule has 0 aliphatic rings. The van der Waals surface area contributed by atoms with Crippen molar-refractivity contribution in [1.29, 1.82) is 0 Å². The molecule has 0 unspecified atom stereocenters. The zero-order valence-corrected chi connectivity index (χ0v) is 14.1. The Morgan fingerprint density at radius 2 is 1.88 bits per heavy atom. The number of nitrogens with zero attached hydrogens (tertiary/aromatic N) is 4. The summed E-state index contributed by atoms with van der Waals surface area (Å²) in [6.45, 7) is 0. The summed E-state index contributed by atoms with van der Waals surface area (Å²) in [6, 6.07) is 16.6. The lowest BCUT2D eigenvalue weighted by Gasteiger charge is -2.10. The van der Waals surface area contributed by atoms with Gasteiger partial charge in [-0.1, -0.05) is 36.4 Å². The molecule has 2 heterocycles. The van der Waals surface area contributed by atoms with E-state index >= 15 is 0 Å². The molecule has 8 heteroatoms. The maximum absolute atomic E-state index is 10.9. The van der Waals surface area contributed by atoms with Gasteiger partial charge in [-0.25, -0.2) is 14.8 Å². The number of rotatable bonds is 3. The third-order valence-electron chi connectivity index (χ3n) is 3.76. The first-order valence-corrected chi connectivity index (χ1v) is 8.06. The van der Waals surface area contributed by atoms with E-state index in [-0.39, 0.29) is 5.28 Å². The van der Waals surface area contributed by atoms with E-state index in [1.807, 2.05) is 41.0 Å². The van der Waals surface area contributed by atoms with E-state index < -0.39 is 6.09 Å². The smallest absolute Gasteiger partial charge is 0.409 e. The molecule has 26 heavy (non-hydrogen) atoms. The molecule has 0 fully saturated rings. The second-order valence-corrected chi connectivity index (χ2v) is 5.80. The summed E-state index contributed by atoms with van der Waals surface area (Å²) < 4.78 is 1.82. The number of imidazole rings is 1. The number of aromatic nitrogens is 4. The van der Waals surface area contributed by atoms with Crippen LogP contribution >= 0.6 is 11.6 Å². The van der Waals surface area contributed by atoms with Gasteiger partial charge in [0.15, 0.2) is 5.65 Å². The molecule has 0 saturated heterocycles. The van der Waals surface area contributed by atoms with Gasteiger partial charge in [0.2, 0.25) is 5.28 Å². The zero-order chi connectivity index (χ0) is 18.1. The minimum atomic E-state index is -1.13. The normalized spacial score (nSPS) is 10.8. The van der Waals surface area contributed by atoms with Gasteiger partial charge in [0.25, 0.3) is 0 Å². The zero-order valence-electron chi connectivity index (χ0n) is 13.3. The highest BCUT2D eigenvalue weighted by Gasteiger charge is 2.16. The summed E-state index contributed by atoms with van der Waals surface area (Å²) in [5.74, 6) is 0.657. The fourth-order valence-corrected chi connectivity index (χ4v) is 2.85. The average Bonchev–Trinajstić information content (AvgIpc) is 3.00. The standard InChI is InChI=1S/C18H12ClN5O2/c19-17-20-10-14-16(23-17)24(15(22-14)11-5-2-1-3-6-11)13-8-4-7-12(9-13)21-18(25)26/h1-10,21H,(H,25,26). The first-order chi connectivity index (χ1) is 12.6. The number of nitrogens with one attached hydrogen (secondary N) is 1. The van der Waals surface area contributed by atoms with Crippen molar-refractivity contribution in [3.63, 3.8) is 0 Å². The van der Waals surface area contributed by atoms with Crippen molar-refractivity contribution in [2.45, 2.75) is 0 Å². The number of amides is 1. The Labute approximate surface area is 152 Å². The van der Waals surface area contributed by atoms with Gasteiger partial charge in [-0.05, 0) is 29.8 Å². The van der Waals surface area contributed by atoms with Gasteiger partial charge in [0.05, 0.1) is 11.9 Å². The lowest BCUT2D eigenvalue weighted by atomic mass is 10.2. The molecule has 0 spiro atoms. The Morgan fingerprint density at radius 1 is 1.08 bits per heavy atom. The third kappa shape index (κ3) is 2.96. The molecule has 7 nitrogen and oxygen atoms in total. The monoisotopic (exact) mass is 365 g/mol. The summed E-state index contributed by atoms with van der Waals surface area (Å²) in [6.07, 6.45) is 0.429. The molecule has 0 atom stereocenters. The van der Waals surface area contributed by atoms with Crippen LogP contribution in [0, 0.1) is 0 Å². The van der Waals surface area contributed by atoms with Crippen LogP contribution < -0.4 is 5.32 Å². The van der Waals surface area contributed by atoms with Crippen LogP contribution in [0.2, 0.25) is 5.28 Å². The predicted molar refractivity (Wildman–Crippen MR) is 98.8 cm³/mol. The number of carboxylic acid groups (broad SMARTS) is 1. The molecule has 4 aromatic rings. The van der Waals surface area contributed by atoms with E-state index in [9.17, 15) is 4.79 Å². The summed E-state index contributed by atoms with van der Waals surface area (Å²) in [4.78, 5) is 23.9. The number of halogens is 1. The number of anilines is 1. The molecule has 0 aliphatic carbocycles. The highest BCUT2D eigenvalue weighted by Crippen LogP contribution is 2.28. The highest BCUT2D eigenvalue weighted by atomic mass is 35.5. The Balaban J connectivity index is 1.98. The average molecular weight is 366 g/mol. The van der Waals surface area contributed by atoms with Crippen molar-refractivity contribution >= 4 is 34.5 Å². The highest BCUT2D eigenvalue weighted by molar-refractivity contribution is 6.28. The minimum absolute atomic E-state index is 0.109. The molecule has 0 bridgehead atoms. The Morgan fingerprint density at radius 3 is 2.65 bits per heavy atom. The maximum Gasteiger partial charge on any atom is 0.409 e. The number of carbonyl (C=O) groups is 1. The van der Waals surface area contributed by atoms with Gasteiger partial charge >= 0.3 is 6.09 Å². The van der Waals surface area contributed by atoms with Crippen LogP contribution in [-0.4, -0.2) is 30.7 Å². The van der Waals surface area contributed by atoms with Gasteiger partial charge in [0, 0.05) is 11.3 Å². The number of hydrogen-bond acceptors (Lipinski definition) is 4. The van der Waals surface area contributed by atoms with Crippen LogP contribution in [0.25, 0.3) is 28.2 Å². The SMILES string of the molecule is O=C(O)Nc1cccc(-n2c(-c3ccccc3)nc3cnc(Cl)nc32)c1. The molecule has 128 valence electrons. The molecule has 2 aromatic heterocycles. The Bertz CT molecular complexity index is 1110. The van der Waals surface area contributed by atoms with Crippen LogP contribution in [0.5, 0.6) is 0 Å². The van der Waals surface area contributed by atoms with Crippen LogP contribution in [0.4, 0.5) is 10.5 Å². The minimum Gasteiger partial charge on any atom is -0.465 e. The van der Waals surface area contributed by atoms with Gasteiger partial charge in [-0.15, -0.1) is 0 Å². The van der Waals surface area contributed by atoms with E-state index in [1.54, 1.807) is 24.4 Å². The van der Waals surface area contributed by atoms with Crippen molar-refractivity contribution in [3.05, 3.63) is 66.1 Å². The summed E-state index contributed by atoms with van der Waals surface area (Å²) in [5, 5.41) is 11.4. The molecular formula is C18H12ClN5O2. The van der Waals surface area contributed by atoms with Gasteiger partial charge in [0.1, 0.15) is 11.3 Å². The summed E-state index contributed by atoms with van der Waals surface area (Å²) >= 11 is 5.98. The van der Waals surface area contributed by atoms with E-state index in [1.165, 1.54) is 0 Å². The van der Waals surface area contributed by atoms with Crippen molar-refractivity contribution in [1.82, 2.24) is 19.5 Å². The van der Waals surface area contributed by atoms with E-state index in [0.717, 1.165) is 5.56 Å². The number of fused-ring (bicyclic) bond motifs is 1. The van der Waals surface area contributed by atoms with Crippen molar-refractivity contribution in [2.75, 3.05) is 5.32 Å². The Kier molecular flexibility index (Phi) is 3.98. The first-order valence-electron chi connectivity index (χ1n) is 7.68. The van der Waals surface area contributed by atoms with Gasteiger partial charge < -0.3 is 5.11 Å². The molecule has 4 rings (SSSR count). The number of benzene rings is 2. The molecule has 2 aromatic carbocycles. The van der Waals surface area contributed by atoms with E-state index in [2.05, 4.69) is 20.3 Å². The fourth-order valence-electron chi connectivity index (χ4n) is 2.73. The Hall–Kier alpha value is -3.45. The van der Waals surface area contributed by atoms with Gasteiger partial charge in [-0.2, -0.15) is 4.98 Å². The van der Waals surface area contributed by atoms with Crippen LogP contribution in [0.15, 0.2) is 60.8 Å². The fraction of sp³-hybridized carbons (Fsp3) is 0. The lowest BCUT2D eigenvalue weighted by molar-refractivity contribution is 0.210. The van der Waals surface area contributed by atoms with Crippen LogP contribution in [0.1, 0.15) is 0 Å². The van der Waals surface area contributed by atoms with Crippen molar-refractivity contribution in [2.24, 2.45) is 0 Å². The largest absolute Gasteiger partial charge is 0.465 e. The summed E-state index contributed by atoms with van der Waals surface area (Å²) in [5.41, 5.74) is 3.16. The second kappa shape index (κ2) is 6.45. The summed E-state index contributed by atoms with van der Waals surface area (Å²) in [7, 11) is 0. The molecule has 0 aliphatic heterocycles. The van der Waals surface area contributed by atoms with Crippen LogP contribution in [0.3, 0.4) is 0 Å². The predicted octanol–water partition coefficient (Wildman–Crippen LogP) is 4.23. The molecule has 0 saturated carbocycles. The third-order valence-corrected chi connectivity index (χ3v) is 3.94. The molecular weight excluding hydrogens is 354 g/mol. The van der Waals surface area contributed by atoms with Gasteiger partial charge in [-0.3, -0.25) is 9.88 Å². The number of hydrogen-bond donors (Lipinski definition) is 2. The van der Waals surface area contributed by atoms with Crippen molar-refractivity contribution in [3.8, 4) is 17.1 Å².